The van der Waals surface area contributed by atoms with Crippen molar-refractivity contribution in [1.29, 1.82) is 0 Å². The maximum absolute atomic E-state index is 2.39. The summed E-state index contributed by atoms with van der Waals surface area (Å²) in [5.41, 5.74) is 2.11. The van der Waals surface area contributed by atoms with Gasteiger partial charge in [0.25, 0.3) is 0 Å². The van der Waals surface area contributed by atoms with Crippen LogP contribution >= 0.6 is 0 Å². The summed E-state index contributed by atoms with van der Waals surface area (Å²) < 4.78 is 0. The van der Waals surface area contributed by atoms with E-state index in [2.05, 4.69) is 44.2 Å². The fraction of sp³-hybridized carbons (Fsp3) is 0.600. The molecule has 1 aromatic rings. The van der Waals surface area contributed by atoms with E-state index in [4.69, 9.17) is 0 Å². The van der Waals surface area contributed by atoms with E-state index in [9.17, 15) is 0 Å². The van der Waals surface area contributed by atoms with Crippen LogP contribution in [0.25, 0.3) is 0 Å². The summed E-state index contributed by atoms with van der Waals surface area (Å²) in [5.74, 6) is 0.842. The van der Waals surface area contributed by atoms with Gasteiger partial charge in [0.2, 0.25) is 0 Å². The van der Waals surface area contributed by atoms with Crippen molar-refractivity contribution >= 4 is 0 Å². The second-order valence-electron chi connectivity index (χ2n) is 4.33. The van der Waals surface area contributed by atoms with Crippen LogP contribution in [0.1, 0.15) is 52.5 Å². The number of rotatable bonds is 3. The molecule has 1 aliphatic carbocycles. The highest BCUT2D eigenvalue weighted by atomic mass is 14.5. The largest absolute Gasteiger partial charge is 0.0683 e. The molecule has 0 N–H and O–H groups in total. The first-order chi connectivity index (χ1) is 7.29. The zero-order valence-corrected chi connectivity index (χ0v) is 10.6. The van der Waals surface area contributed by atoms with Crippen LogP contribution in [0, 0.1) is 5.92 Å². The average Bonchev–Trinajstić information content (AvgIpc) is 3.13. The van der Waals surface area contributed by atoms with Crippen molar-refractivity contribution in [1.82, 2.24) is 0 Å². The number of benzene rings is 1. The van der Waals surface area contributed by atoms with E-state index in [0.717, 1.165) is 5.92 Å². The van der Waals surface area contributed by atoms with Crippen LogP contribution in [-0.4, -0.2) is 0 Å². The van der Waals surface area contributed by atoms with Crippen LogP contribution in [0.4, 0.5) is 0 Å². The first-order valence-corrected chi connectivity index (χ1v) is 6.35. The molecule has 0 heterocycles. The highest BCUT2D eigenvalue weighted by Gasteiger charge is 2.47. The lowest BCUT2D eigenvalue weighted by atomic mass is 9.82. The van der Waals surface area contributed by atoms with E-state index >= 15 is 0 Å². The molecule has 84 valence electrons. The highest BCUT2D eigenvalue weighted by molar-refractivity contribution is 5.31. The van der Waals surface area contributed by atoms with Crippen LogP contribution in [0.15, 0.2) is 30.3 Å². The van der Waals surface area contributed by atoms with E-state index in [1.807, 2.05) is 13.8 Å². The van der Waals surface area contributed by atoms with Crippen molar-refractivity contribution in [2.75, 3.05) is 0 Å². The summed E-state index contributed by atoms with van der Waals surface area (Å²) >= 11 is 0. The Hall–Kier alpha value is -0.780. The van der Waals surface area contributed by atoms with Gasteiger partial charge in [-0.25, -0.2) is 0 Å². The summed E-state index contributed by atoms with van der Waals surface area (Å²) in [5, 5.41) is 0. The molecule has 1 unspecified atom stereocenters. The van der Waals surface area contributed by atoms with Crippen LogP contribution in [-0.2, 0) is 5.41 Å². The molecule has 1 atom stereocenters. The van der Waals surface area contributed by atoms with Crippen LogP contribution in [0.2, 0.25) is 0 Å². The molecule has 1 fully saturated rings. The van der Waals surface area contributed by atoms with E-state index in [-0.39, 0.29) is 0 Å². The van der Waals surface area contributed by atoms with Gasteiger partial charge >= 0.3 is 0 Å². The minimum absolute atomic E-state index is 0.552. The van der Waals surface area contributed by atoms with Gasteiger partial charge in [0.1, 0.15) is 0 Å². The second-order valence-corrected chi connectivity index (χ2v) is 4.33. The topological polar surface area (TPSA) is 0 Å². The Morgan fingerprint density at radius 2 is 1.67 bits per heavy atom. The second kappa shape index (κ2) is 5.34. The van der Waals surface area contributed by atoms with Crippen LogP contribution in [0.3, 0.4) is 0 Å². The Bertz CT molecular complexity index is 269. The fourth-order valence-corrected chi connectivity index (χ4v) is 2.36. The Morgan fingerprint density at radius 3 is 2.07 bits per heavy atom. The lowest BCUT2D eigenvalue weighted by molar-refractivity contribution is 0.427. The van der Waals surface area contributed by atoms with Gasteiger partial charge in [0.15, 0.2) is 0 Å². The number of hydrogen-bond acceptors (Lipinski definition) is 0. The molecule has 1 saturated carbocycles. The fourth-order valence-electron chi connectivity index (χ4n) is 2.36. The third kappa shape index (κ3) is 2.42. The van der Waals surface area contributed by atoms with E-state index in [1.54, 1.807) is 5.56 Å². The quantitative estimate of drug-likeness (QED) is 0.664. The van der Waals surface area contributed by atoms with Crippen molar-refractivity contribution in [2.24, 2.45) is 5.92 Å². The molecule has 0 nitrogen and oxygen atoms in total. The van der Waals surface area contributed by atoms with Gasteiger partial charge < -0.3 is 0 Å². The molecule has 0 aliphatic heterocycles. The predicted molar refractivity (Wildman–Crippen MR) is 68.2 cm³/mol. The van der Waals surface area contributed by atoms with Gasteiger partial charge in [-0.3, -0.25) is 0 Å². The lowest BCUT2D eigenvalue weighted by Crippen LogP contribution is -2.16. The van der Waals surface area contributed by atoms with E-state index < -0.39 is 0 Å². The minimum Gasteiger partial charge on any atom is -0.0683 e. The summed E-state index contributed by atoms with van der Waals surface area (Å²) in [6.45, 7) is 8.69. The van der Waals surface area contributed by atoms with Gasteiger partial charge in [-0.1, -0.05) is 64.4 Å². The maximum atomic E-state index is 2.39. The van der Waals surface area contributed by atoms with Crippen molar-refractivity contribution in [3.63, 3.8) is 0 Å². The normalized spacial score (nSPS) is 18.7. The third-order valence-electron chi connectivity index (χ3n) is 3.69. The molecule has 0 radical (unpaired) electrons. The van der Waals surface area contributed by atoms with Crippen molar-refractivity contribution in [3.8, 4) is 0 Å². The number of hydrogen-bond donors (Lipinski definition) is 0. The van der Waals surface area contributed by atoms with Crippen molar-refractivity contribution in [3.05, 3.63) is 35.9 Å². The first-order valence-electron chi connectivity index (χ1n) is 6.35. The molecule has 0 bridgehead atoms. The summed E-state index contributed by atoms with van der Waals surface area (Å²) in [6, 6.07) is 11.0. The molecule has 0 spiro atoms. The van der Waals surface area contributed by atoms with Crippen molar-refractivity contribution < 1.29 is 0 Å². The molecular weight excluding hydrogens is 180 g/mol. The van der Waals surface area contributed by atoms with Crippen LogP contribution in [0.5, 0.6) is 0 Å². The Balaban J connectivity index is 0.000000531. The van der Waals surface area contributed by atoms with Gasteiger partial charge in [0.05, 0.1) is 0 Å². The average molecular weight is 204 g/mol. The predicted octanol–water partition coefficient (Wildman–Crippen LogP) is 4.79. The van der Waals surface area contributed by atoms with Gasteiger partial charge in [-0.2, -0.15) is 0 Å². The van der Waals surface area contributed by atoms with Gasteiger partial charge in [-0.15, -0.1) is 0 Å². The zero-order valence-electron chi connectivity index (χ0n) is 10.6. The highest BCUT2D eigenvalue weighted by Crippen LogP contribution is 2.54. The zero-order chi connectivity index (χ0) is 11.3. The van der Waals surface area contributed by atoms with E-state index in [1.165, 1.54) is 19.3 Å². The maximum Gasteiger partial charge on any atom is -0.00208 e. The molecule has 0 amide bonds. The van der Waals surface area contributed by atoms with Crippen LogP contribution < -0.4 is 0 Å². The Labute approximate surface area is 94.7 Å². The smallest absolute Gasteiger partial charge is 0.00208 e. The molecule has 0 aromatic heterocycles. The minimum atomic E-state index is 0.552. The molecule has 2 rings (SSSR count). The van der Waals surface area contributed by atoms with Gasteiger partial charge in [0, 0.05) is 0 Å². The Kier molecular flexibility index (Phi) is 4.38. The SMILES string of the molecule is CC.CCC(C)C1(c2ccccc2)CC1. The summed E-state index contributed by atoms with van der Waals surface area (Å²) in [6.07, 6.45) is 4.09. The first kappa shape index (κ1) is 12.3. The molecule has 0 saturated heterocycles. The van der Waals surface area contributed by atoms with Crippen molar-refractivity contribution in [2.45, 2.75) is 52.4 Å². The Morgan fingerprint density at radius 1 is 1.13 bits per heavy atom. The lowest BCUT2D eigenvalue weighted by Gasteiger charge is -2.22. The van der Waals surface area contributed by atoms with E-state index in [0.29, 0.717) is 5.41 Å². The van der Waals surface area contributed by atoms with Gasteiger partial charge in [-0.05, 0) is 29.7 Å². The standard InChI is InChI=1S/C13H18.C2H6/c1-3-11(2)13(9-10-13)12-7-5-4-6-8-12;1-2/h4-8,11H,3,9-10H2,1-2H3;1-2H3. The summed E-state index contributed by atoms with van der Waals surface area (Å²) in [7, 11) is 0. The molecule has 0 heteroatoms. The molecule has 1 aliphatic rings. The molecular formula is C15H24. The molecule has 1 aromatic carbocycles. The monoisotopic (exact) mass is 204 g/mol. The molecule has 15 heavy (non-hydrogen) atoms. The summed E-state index contributed by atoms with van der Waals surface area (Å²) in [4.78, 5) is 0. The third-order valence-corrected chi connectivity index (χ3v) is 3.69.